The summed E-state index contributed by atoms with van der Waals surface area (Å²) in [5.74, 6) is -1.18. The number of amides is 1. The lowest BCUT2D eigenvalue weighted by Crippen LogP contribution is -2.37. The number of aliphatic carboxylic acids is 1. The first-order chi connectivity index (χ1) is 17.7. The lowest BCUT2D eigenvalue weighted by molar-refractivity contribution is -0.152. The van der Waals surface area contributed by atoms with Gasteiger partial charge in [0.15, 0.2) is 11.4 Å². The number of thioether (sulfide) groups is 1. The molecule has 7 nitrogen and oxygen atoms in total. The minimum absolute atomic E-state index is 0.0650. The van der Waals surface area contributed by atoms with Crippen LogP contribution in [0.4, 0.5) is 4.79 Å². The van der Waals surface area contributed by atoms with E-state index in [1.807, 2.05) is 42.7 Å². The van der Waals surface area contributed by atoms with Gasteiger partial charge in [-0.25, -0.2) is 9.59 Å². The van der Waals surface area contributed by atoms with Crippen molar-refractivity contribution >= 4 is 29.6 Å². The maximum atomic E-state index is 13.7. The Kier molecular flexibility index (Phi) is 7.88. The Morgan fingerprint density at radius 3 is 2.24 bits per heavy atom. The van der Waals surface area contributed by atoms with E-state index >= 15 is 0 Å². The van der Waals surface area contributed by atoms with E-state index in [0.29, 0.717) is 17.1 Å². The zero-order valence-corrected chi connectivity index (χ0v) is 21.7. The predicted molar refractivity (Wildman–Crippen MR) is 142 cm³/mol. The Morgan fingerprint density at radius 2 is 1.59 bits per heavy atom. The number of benzene rings is 3. The largest absolute Gasteiger partial charge is 0.478 e. The van der Waals surface area contributed by atoms with Crippen molar-refractivity contribution in [3.63, 3.8) is 0 Å². The molecule has 1 fully saturated rings. The second-order valence-electron chi connectivity index (χ2n) is 9.38. The molecular formula is C29H29NO6S. The van der Waals surface area contributed by atoms with Gasteiger partial charge in [0.2, 0.25) is 0 Å². The highest BCUT2D eigenvalue weighted by atomic mass is 32.2. The zero-order valence-electron chi connectivity index (χ0n) is 20.9. The van der Waals surface area contributed by atoms with Gasteiger partial charge in [0.05, 0.1) is 0 Å². The SMILES string of the molecule is CSc1ccc(C(=O)[C@H]2CN(C(=O)Oc3ccccc3)C[C@@H]2c2cccc(OC(C)(C)C(=O)O)c2)cc1. The maximum Gasteiger partial charge on any atom is 0.415 e. The first-order valence-electron chi connectivity index (χ1n) is 11.9. The van der Waals surface area contributed by atoms with Crippen LogP contribution in [0.15, 0.2) is 83.8 Å². The van der Waals surface area contributed by atoms with Gasteiger partial charge in [0.25, 0.3) is 0 Å². The molecule has 2 atom stereocenters. The molecule has 0 aliphatic carbocycles. The highest BCUT2D eigenvalue weighted by Gasteiger charge is 2.41. The summed E-state index contributed by atoms with van der Waals surface area (Å²) in [5.41, 5.74) is -0.0630. The van der Waals surface area contributed by atoms with Crippen LogP contribution in [0.2, 0.25) is 0 Å². The summed E-state index contributed by atoms with van der Waals surface area (Å²) in [6.07, 6.45) is 1.45. The Labute approximate surface area is 220 Å². The van der Waals surface area contributed by atoms with Crippen LogP contribution in [-0.4, -0.2) is 52.8 Å². The van der Waals surface area contributed by atoms with E-state index in [4.69, 9.17) is 9.47 Å². The van der Waals surface area contributed by atoms with Crippen LogP contribution in [0.5, 0.6) is 11.5 Å². The fraction of sp³-hybridized carbons (Fsp3) is 0.276. The van der Waals surface area contributed by atoms with Crippen LogP contribution in [-0.2, 0) is 4.79 Å². The van der Waals surface area contributed by atoms with E-state index in [1.165, 1.54) is 13.8 Å². The highest BCUT2D eigenvalue weighted by molar-refractivity contribution is 7.98. The van der Waals surface area contributed by atoms with Gasteiger partial charge in [0, 0.05) is 35.4 Å². The zero-order chi connectivity index (χ0) is 26.6. The fourth-order valence-electron chi connectivity index (χ4n) is 4.33. The molecule has 3 aromatic rings. The number of ether oxygens (including phenoxy) is 2. The Hall–Kier alpha value is -3.78. The molecule has 0 bridgehead atoms. The van der Waals surface area contributed by atoms with Crippen molar-refractivity contribution in [1.82, 2.24) is 4.90 Å². The average Bonchev–Trinajstić information content (AvgIpc) is 3.34. The number of Topliss-reactive ketones (excluding diaryl/α,β-unsaturated/α-hetero) is 1. The van der Waals surface area contributed by atoms with Gasteiger partial charge in [-0.2, -0.15) is 0 Å². The number of carboxylic acid groups (broad SMARTS) is 1. The summed E-state index contributed by atoms with van der Waals surface area (Å²) in [6, 6.07) is 23.3. The lowest BCUT2D eigenvalue weighted by atomic mass is 9.84. The van der Waals surface area contributed by atoms with Gasteiger partial charge in [-0.3, -0.25) is 4.79 Å². The molecule has 8 heteroatoms. The Balaban J connectivity index is 1.63. The second kappa shape index (κ2) is 11.1. The van der Waals surface area contributed by atoms with E-state index < -0.39 is 23.6 Å². The monoisotopic (exact) mass is 519 g/mol. The molecule has 0 radical (unpaired) electrons. The van der Waals surface area contributed by atoms with Crippen molar-refractivity contribution in [3.05, 3.63) is 90.0 Å². The molecule has 0 unspecified atom stereocenters. The summed E-state index contributed by atoms with van der Waals surface area (Å²) < 4.78 is 11.3. The van der Waals surface area contributed by atoms with E-state index in [2.05, 4.69) is 0 Å². The predicted octanol–water partition coefficient (Wildman–Crippen LogP) is 5.75. The molecule has 0 spiro atoms. The molecule has 0 aromatic heterocycles. The number of hydrogen-bond acceptors (Lipinski definition) is 6. The molecule has 1 saturated heterocycles. The van der Waals surface area contributed by atoms with Crippen molar-refractivity contribution in [3.8, 4) is 11.5 Å². The third kappa shape index (κ3) is 6.14. The first kappa shape index (κ1) is 26.3. The number of nitrogens with zero attached hydrogens (tertiary/aromatic N) is 1. The van der Waals surface area contributed by atoms with Gasteiger partial charge >= 0.3 is 12.1 Å². The summed E-state index contributed by atoms with van der Waals surface area (Å²) in [7, 11) is 0. The molecule has 1 heterocycles. The third-order valence-electron chi connectivity index (χ3n) is 6.41. The van der Waals surface area contributed by atoms with Crippen LogP contribution >= 0.6 is 11.8 Å². The Bertz CT molecular complexity index is 1280. The summed E-state index contributed by atoms with van der Waals surface area (Å²) in [6.45, 7) is 3.43. The topological polar surface area (TPSA) is 93.1 Å². The summed E-state index contributed by atoms with van der Waals surface area (Å²) in [5, 5.41) is 9.45. The molecule has 3 aromatic carbocycles. The van der Waals surface area contributed by atoms with Crippen molar-refractivity contribution in [2.75, 3.05) is 19.3 Å². The first-order valence-corrected chi connectivity index (χ1v) is 13.1. The van der Waals surface area contributed by atoms with Crippen molar-refractivity contribution in [1.29, 1.82) is 0 Å². The minimum Gasteiger partial charge on any atom is -0.478 e. The molecule has 0 saturated carbocycles. The van der Waals surface area contributed by atoms with E-state index in [1.54, 1.807) is 59.1 Å². The van der Waals surface area contributed by atoms with Crippen LogP contribution in [0.3, 0.4) is 0 Å². The molecule has 1 aliphatic heterocycles. The minimum atomic E-state index is -1.42. The molecule has 1 aliphatic rings. The molecule has 37 heavy (non-hydrogen) atoms. The van der Waals surface area contributed by atoms with Gasteiger partial charge in [0.1, 0.15) is 11.5 Å². The molecule has 192 valence electrons. The number of para-hydroxylation sites is 1. The van der Waals surface area contributed by atoms with Crippen molar-refractivity contribution < 1.29 is 29.0 Å². The van der Waals surface area contributed by atoms with E-state index in [0.717, 1.165) is 10.5 Å². The summed E-state index contributed by atoms with van der Waals surface area (Å²) in [4.78, 5) is 40.8. The maximum absolute atomic E-state index is 13.7. The second-order valence-corrected chi connectivity index (χ2v) is 10.3. The molecular weight excluding hydrogens is 490 g/mol. The van der Waals surface area contributed by atoms with Crippen LogP contribution in [0, 0.1) is 5.92 Å². The number of carbonyl (C=O) groups excluding carboxylic acids is 2. The number of likely N-dealkylation sites (tertiary alicyclic amines) is 1. The van der Waals surface area contributed by atoms with Crippen LogP contribution in [0.25, 0.3) is 0 Å². The quantitative estimate of drug-likeness (QED) is 0.299. The smallest absolute Gasteiger partial charge is 0.415 e. The number of hydrogen-bond donors (Lipinski definition) is 1. The normalized spacial score (nSPS) is 17.3. The number of carboxylic acids is 1. The molecule has 1 N–H and O–H groups in total. The average molecular weight is 520 g/mol. The van der Waals surface area contributed by atoms with Crippen molar-refractivity contribution in [2.24, 2.45) is 5.92 Å². The van der Waals surface area contributed by atoms with Gasteiger partial charge in [-0.1, -0.05) is 42.5 Å². The third-order valence-corrected chi connectivity index (χ3v) is 7.16. The number of rotatable bonds is 8. The van der Waals surface area contributed by atoms with Crippen LogP contribution in [0.1, 0.15) is 35.7 Å². The standard InChI is InChI=1S/C29H29NO6S/c1-29(2,27(32)33)36-22-11-7-8-20(16-22)24-17-30(28(34)35-21-9-5-4-6-10-21)18-25(24)26(31)19-12-14-23(37-3)15-13-19/h4-16,24-25H,17-18H2,1-3H3,(H,32,33)/t24-,25+/m1/s1. The van der Waals surface area contributed by atoms with Gasteiger partial charge in [-0.05, 0) is 62.1 Å². The van der Waals surface area contributed by atoms with E-state index in [9.17, 15) is 19.5 Å². The van der Waals surface area contributed by atoms with E-state index in [-0.39, 0.29) is 24.8 Å². The van der Waals surface area contributed by atoms with Gasteiger partial charge in [-0.15, -0.1) is 11.8 Å². The number of ketones is 1. The molecule has 4 rings (SSSR count). The Morgan fingerprint density at radius 1 is 0.919 bits per heavy atom. The lowest BCUT2D eigenvalue weighted by Gasteiger charge is -2.23. The highest BCUT2D eigenvalue weighted by Crippen LogP contribution is 2.37. The fourth-order valence-corrected chi connectivity index (χ4v) is 4.73. The molecule has 1 amide bonds. The van der Waals surface area contributed by atoms with Gasteiger partial charge < -0.3 is 19.5 Å². The van der Waals surface area contributed by atoms with Crippen LogP contribution < -0.4 is 9.47 Å². The summed E-state index contributed by atoms with van der Waals surface area (Å²) >= 11 is 1.60. The van der Waals surface area contributed by atoms with Crippen molar-refractivity contribution in [2.45, 2.75) is 30.3 Å². The number of carbonyl (C=O) groups is 3.